The van der Waals surface area contributed by atoms with E-state index in [2.05, 4.69) is 0 Å². The summed E-state index contributed by atoms with van der Waals surface area (Å²) in [6.07, 6.45) is 1.14. The van der Waals surface area contributed by atoms with Gasteiger partial charge in [-0.1, -0.05) is 6.92 Å². The molecule has 0 atom stereocenters. The first-order chi connectivity index (χ1) is 6.15. The Bertz CT molecular complexity index is 363. The summed E-state index contributed by atoms with van der Waals surface area (Å²) in [4.78, 5) is 22.5. The summed E-state index contributed by atoms with van der Waals surface area (Å²) in [5.41, 5.74) is -0.370. The fraction of sp³-hybridized carbons (Fsp3) is 0.400. The van der Waals surface area contributed by atoms with E-state index in [4.69, 9.17) is 4.42 Å². The molecule has 0 N–H and O–H groups in total. The van der Waals surface area contributed by atoms with Crippen molar-refractivity contribution in [3.05, 3.63) is 33.9 Å². The minimum Gasteiger partial charge on any atom is -0.428 e. The van der Waals surface area contributed by atoms with Crippen molar-refractivity contribution < 1.29 is 9.21 Å². The fourth-order valence-electron chi connectivity index (χ4n) is 1.07. The first kappa shape index (κ1) is 9.71. The van der Waals surface area contributed by atoms with Gasteiger partial charge in [-0.25, -0.2) is 4.79 Å². The lowest BCUT2D eigenvalue weighted by Crippen LogP contribution is -2.13. The summed E-state index contributed by atoms with van der Waals surface area (Å²) in [6, 6.07) is 3.16. The molecule has 3 heteroatoms. The van der Waals surface area contributed by atoms with E-state index in [1.54, 1.807) is 13.0 Å². The molecule has 0 unspecified atom stereocenters. The second kappa shape index (κ2) is 4.03. The van der Waals surface area contributed by atoms with Crippen LogP contribution in [-0.4, -0.2) is 5.78 Å². The predicted molar refractivity (Wildman–Crippen MR) is 49.0 cm³/mol. The van der Waals surface area contributed by atoms with Crippen LogP contribution < -0.4 is 5.63 Å². The van der Waals surface area contributed by atoms with Gasteiger partial charge >= 0.3 is 5.63 Å². The van der Waals surface area contributed by atoms with Crippen molar-refractivity contribution in [1.29, 1.82) is 0 Å². The van der Waals surface area contributed by atoms with Gasteiger partial charge in [0, 0.05) is 6.42 Å². The van der Waals surface area contributed by atoms with Crippen LogP contribution in [0.4, 0.5) is 0 Å². The zero-order chi connectivity index (χ0) is 9.84. The Balaban J connectivity index is 3.02. The molecule has 1 aromatic rings. The molecule has 0 saturated heterocycles. The number of hydrogen-bond acceptors (Lipinski definition) is 3. The highest BCUT2D eigenvalue weighted by Gasteiger charge is 2.09. The molecule has 0 fully saturated rings. The van der Waals surface area contributed by atoms with Gasteiger partial charge in [-0.15, -0.1) is 0 Å². The fourth-order valence-corrected chi connectivity index (χ4v) is 1.07. The lowest BCUT2D eigenvalue weighted by Gasteiger charge is -1.97. The molecule has 0 saturated carbocycles. The van der Waals surface area contributed by atoms with Gasteiger partial charge in [0.2, 0.25) is 0 Å². The third kappa shape index (κ3) is 2.28. The standard InChI is InChI=1S/C10H12O3/c1-3-4-9(11)8-6-5-7(2)13-10(8)12/h5-6H,3-4H2,1-2H3. The van der Waals surface area contributed by atoms with Crippen molar-refractivity contribution in [2.45, 2.75) is 26.7 Å². The number of carbonyl (C=O) groups excluding carboxylic acids is 1. The average molecular weight is 180 g/mol. The predicted octanol–water partition coefficient (Wildman–Crippen LogP) is 1.93. The molecule has 0 bridgehead atoms. The van der Waals surface area contributed by atoms with E-state index in [0.29, 0.717) is 12.2 Å². The summed E-state index contributed by atoms with van der Waals surface area (Å²) in [5, 5.41) is 0. The van der Waals surface area contributed by atoms with E-state index in [1.807, 2.05) is 6.92 Å². The Morgan fingerprint density at radius 1 is 1.46 bits per heavy atom. The highest BCUT2D eigenvalue weighted by molar-refractivity contribution is 5.95. The van der Waals surface area contributed by atoms with Crippen LogP contribution in [0.15, 0.2) is 21.3 Å². The van der Waals surface area contributed by atoms with Crippen LogP contribution in [0, 0.1) is 6.92 Å². The highest BCUT2D eigenvalue weighted by atomic mass is 16.4. The Hall–Kier alpha value is -1.38. The molecule has 0 aliphatic carbocycles. The molecule has 0 aromatic carbocycles. The smallest absolute Gasteiger partial charge is 0.346 e. The number of aryl methyl sites for hydroxylation is 1. The number of ketones is 1. The third-order valence-electron chi connectivity index (χ3n) is 1.74. The highest BCUT2D eigenvalue weighted by Crippen LogP contribution is 2.02. The van der Waals surface area contributed by atoms with Crippen LogP contribution in [0.1, 0.15) is 35.9 Å². The SMILES string of the molecule is CCCC(=O)c1ccc(C)oc1=O. The van der Waals surface area contributed by atoms with Crippen LogP contribution in [-0.2, 0) is 0 Å². The van der Waals surface area contributed by atoms with E-state index >= 15 is 0 Å². The maximum Gasteiger partial charge on any atom is 0.346 e. The Morgan fingerprint density at radius 3 is 2.69 bits per heavy atom. The van der Waals surface area contributed by atoms with Crippen LogP contribution >= 0.6 is 0 Å². The quantitative estimate of drug-likeness (QED) is 0.668. The van der Waals surface area contributed by atoms with Gasteiger partial charge < -0.3 is 4.42 Å². The van der Waals surface area contributed by atoms with Crippen molar-refractivity contribution in [2.75, 3.05) is 0 Å². The lowest BCUT2D eigenvalue weighted by molar-refractivity contribution is 0.0977. The maximum absolute atomic E-state index is 11.3. The summed E-state index contributed by atoms with van der Waals surface area (Å²) in [7, 11) is 0. The molecule has 0 amide bonds. The second-order valence-corrected chi connectivity index (χ2v) is 2.92. The maximum atomic E-state index is 11.3. The largest absolute Gasteiger partial charge is 0.428 e. The normalized spacial score (nSPS) is 10.0. The van der Waals surface area contributed by atoms with Crippen LogP contribution in [0.2, 0.25) is 0 Å². The first-order valence-corrected chi connectivity index (χ1v) is 4.29. The minimum atomic E-state index is -0.529. The molecule has 0 spiro atoms. The van der Waals surface area contributed by atoms with Crippen molar-refractivity contribution in [3.8, 4) is 0 Å². The molecule has 70 valence electrons. The van der Waals surface area contributed by atoms with Gasteiger partial charge in [0.05, 0.1) is 0 Å². The molecular weight excluding hydrogens is 168 g/mol. The first-order valence-electron chi connectivity index (χ1n) is 4.29. The van der Waals surface area contributed by atoms with Gasteiger partial charge in [0.1, 0.15) is 11.3 Å². The van der Waals surface area contributed by atoms with E-state index in [-0.39, 0.29) is 11.3 Å². The van der Waals surface area contributed by atoms with Crippen LogP contribution in [0.25, 0.3) is 0 Å². The van der Waals surface area contributed by atoms with E-state index in [9.17, 15) is 9.59 Å². The molecule has 3 nitrogen and oxygen atoms in total. The van der Waals surface area contributed by atoms with Gasteiger partial charge in [-0.05, 0) is 25.5 Å². The Morgan fingerprint density at radius 2 is 2.15 bits per heavy atom. The Kier molecular flexibility index (Phi) is 3.01. The van der Waals surface area contributed by atoms with Crippen molar-refractivity contribution in [3.63, 3.8) is 0 Å². The molecular formula is C10H12O3. The van der Waals surface area contributed by atoms with Crippen molar-refractivity contribution in [1.82, 2.24) is 0 Å². The number of Topliss-reactive ketones (excluding diaryl/α,β-unsaturated/α-hetero) is 1. The molecule has 0 aliphatic rings. The number of hydrogen-bond donors (Lipinski definition) is 0. The summed E-state index contributed by atoms with van der Waals surface area (Å²) < 4.78 is 4.80. The van der Waals surface area contributed by atoms with Gasteiger partial charge in [-0.3, -0.25) is 4.79 Å². The van der Waals surface area contributed by atoms with E-state index in [1.165, 1.54) is 6.07 Å². The van der Waals surface area contributed by atoms with Crippen LogP contribution in [0.3, 0.4) is 0 Å². The molecule has 0 radical (unpaired) electrons. The van der Waals surface area contributed by atoms with Gasteiger partial charge in [-0.2, -0.15) is 0 Å². The van der Waals surface area contributed by atoms with Crippen LogP contribution in [0.5, 0.6) is 0 Å². The summed E-state index contributed by atoms with van der Waals surface area (Å²) in [5.74, 6) is 0.384. The van der Waals surface area contributed by atoms with E-state index in [0.717, 1.165) is 6.42 Å². The number of rotatable bonds is 3. The zero-order valence-corrected chi connectivity index (χ0v) is 7.79. The lowest BCUT2D eigenvalue weighted by atomic mass is 10.1. The average Bonchev–Trinajstić information content (AvgIpc) is 2.04. The molecule has 1 aromatic heterocycles. The molecule has 13 heavy (non-hydrogen) atoms. The van der Waals surface area contributed by atoms with Gasteiger partial charge in [0.15, 0.2) is 5.78 Å². The van der Waals surface area contributed by atoms with Gasteiger partial charge in [0.25, 0.3) is 0 Å². The third-order valence-corrected chi connectivity index (χ3v) is 1.74. The molecule has 1 heterocycles. The zero-order valence-electron chi connectivity index (χ0n) is 7.79. The summed E-state index contributed by atoms with van der Waals surface area (Å²) in [6.45, 7) is 3.57. The topological polar surface area (TPSA) is 47.3 Å². The van der Waals surface area contributed by atoms with E-state index < -0.39 is 5.63 Å². The summed E-state index contributed by atoms with van der Waals surface area (Å²) >= 11 is 0. The van der Waals surface area contributed by atoms with Crippen molar-refractivity contribution in [2.24, 2.45) is 0 Å². The van der Waals surface area contributed by atoms with Crippen molar-refractivity contribution >= 4 is 5.78 Å². The second-order valence-electron chi connectivity index (χ2n) is 2.92. The Labute approximate surface area is 76.4 Å². The molecule has 1 rings (SSSR count). The molecule has 0 aliphatic heterocycles. The number of carbonyl (C=O) groups is 1. The monoisotopic (exact) mass is 180 g/mol. The minimum absolute atomic E-state index is 0.142.